The van der Waals surface area contributed by atoms with Crippen molar-refractivity contribution in [3.05, 3.63) is 41.7 Å². The number of nitrogens with two attached hydrogens (primary N) is 1. The Hall–Kier alpha value is -1.40. The van der Waals surface area contributed by atoms with Crippen molar-refractivity contribution < 1.29 is 0 Å². The molecule has 1 aromatic heterocycles. The molecule has 1 atom stereocenters. The maximum Gasteiger partial charge on any atom is 0.170 e. The van der Waals surface area contributed by atoms with E-state index in [4.69, 9.17) is 11.1 Å². The van der Waals surface area contributed by atoms with Gasteiger partial charge >= 0.3 is 0 Å². The molecule has 94 valence electrons. The zero-order valence-corrected chi connectivity index (χ0v) is 11.6. The molecule has 4 nitrogen and oxygen atoms in total. The van der Waals surface area contributed by atoms with E-state index in [-0.39, 0.29) is 11.1 Å². The molecule has 0 fully saturated rings. The van der Waals surface area contributed by atoms with Crippen LogP contribution in [0, 0.1) is 12.3 Å². The van der Waals surface area contributed by atoms with Crippen LogP contribution in [0.25, 0.3) is 0 Å². The Balaban J connectivity index is 2.18. The number of aryl methyl sites for hydroxylation is 1. The number of thioether (sulfide) groups is 1. The highest BCUT2D eigenvalue weighted by Crippen LogP contribution is 2.38. The quantitative estimate of drug-likeness (QED) is 0.501. The minimum absolute atomic E-state index is 0.121. The van der Waals surface area contributed by atoms with E-state index in [2.05, 4.69) is 21.5 Å². The number of benzene rings is 1. The molecule has 3 N–H and O–H groups in total. The molecule has 1 unspecified atom stereocenters. The van der Waals surface area contributed by atoms with Crippen molar-refractivity contribution in [1.82, 2.24) is 9.36 Å². The van der Waals surface area contributed by atoms with Gasteiger partial charge in [-0.3, -0.25) is 5.41 Å². The van der Waals surface area contributed by atoms with Gasteiger partial charge in [-0.25, -0.2) is 4.98 Å². The first kappa shape index (κ1) is 13.0. The number of nitrogens with one attached hydrogen (secondary N) is 1. The van der Waals surface area contributed by atoms with Crippen molar-refractivity contribution in [1.29, 1.82) is 5.41 Å². The lowest BCUT2D eigenvalue weighted by atomic mass is 10.1. The largest absolute Gasteiger partial charge is 0.388 e. The highest BCUT2D eigenvalue weighted by atomic mass is 32.2. The Kier molecular flexibility index (Phi) is 4.33. The molecule has 0 aliphatic rings. The first-order valence-electron chi connectivity index (χ1n) is 5.50. The van der Waals surface area contributed by atoms with E-state index in [0.717, 1.165) is 15.7 Å². The summed E-state index contributed by atoms with van der Waals surface area (Å²) >= 11 is 3.01. The van der Waals surface area contributed by atoms with E-state index < -0.39 is 0 Å². The van der Waals surface area contributed by atoms with Gasteiger partial charge in [-0.1, -0.05) is 42.1 Å². The molecular weight excluding hydrogens is 264 g/mol. The predicted octanol–water partition coefficient (Wildman–Crippen LogP) is 3.01. The Morgan fingerprint density at radius 2 is 2.17 bits per heavy atom. The summed E-state index contributed by atoms with van der Waals surface area (Å²) in [5.41, 5.74) is 6.68. The second-order valence-electron chi connectivity index (χ2n) is 3.85. The minimum atomic E-state index is 0.121. The highest BCUT2D eigenvalue weighted by molar-refractivity contribution is 8.01. The molecule has 18 heavy (non-hydrogen) atoms. The van der Waals surface area contributed by atoms with Crippen molar-refractivity contribution in [3.63, 3.8) is 0 Å². The zero-order chi connectivity index (χ0) is 13.0. The summed E-state index contributed by atoms with van der Waals surface area (Å²) in [5, 5.41) is 7.60. The first-order valence-corrected chi connectivity index (χ1v) is 7.15. The topological polar surface area (TPSA) is 75.7 Å². The molecule has 6 heteroatoms. The second kappa shape index (κ2) is 5.97. The summed E-state index contributed by atoms with van der Waals surface area (Å²) in [5.74, 6) is 0.981. The fraction of sp³-hybridized carbons (Fsp3) is 0.250. The molecule has 0 spiro atoms. The molecule has 0 aliphatic heterocycles. The first-order chi connectivity index (χ1) is 8.65. The SMILES string of the molecule is Cc1nsc(SC(CC(=N)N)c2ccccc2)n1. The normalized spacial score (nSPS) is 12.3. The average molecular weight is 278 g/mol. The van der Waals surface area contributed by atoms with Crippen LogP contribution < -0.4 is 5.73 Å². The summed E-state index contributed by atoms with van der Waals surface area (Å²) in [7, 11) is 0. The van der Waals surface area contributed by atoms with Gasteiger partial charge < -0.3 is 5.73 Å². The summed E-state index contributed by atoms with van der Waals surface area (Å²) in [6.07, 6.45) is 0.521. The van der Waals surface area contributed by atoms with Crippen LogP contribution in [0.1, 0.15) is 23.1 Å². The molecule has 2 aromatic rings. The lowest BCUT2D eigenvalue weighted by Crippen LogP contribution is -2.13. The number of hydrogen-bond acceptors (Lipinski definition) is 5. The Bertz CT molecular complexity index is 524. The minimum Gasteiger partial charge on any atom is -0.388 e. The molecule has 0 saturated carbocycles. The third-order valence-corrected chi connectivity index (χ3v) is 4.46. The maximum absolute atomic E-state index is 7.48. The monoisotopic (exact) mass is 278 g/mol. The van der Waals surface area contributed by atoms with Crippen LogP contribution in [-0.2, 0) is 0 Å². The van der Waals surface area contributed by atoms with Crippen molar-refractivity contribution >= 4 is 29.1 Å². The van der Waals surface area contributed by atoms with Gasteiger partial charge in [0.05, 0.1) is 5.84 Å². The average Bonchev–Trinajstić information content (AvgIpc) is 2.75. The molecule has 1 heterocycles. The molecule has 0 aliphatic carbocycles. The standard InChI is InChI=1S/C12H14N4S2/c1-8-15-12(18-16-8)17-10(7-11(13)14)9-5-3-2-4-6-9/h2-6,10H,7H2,1H3,(H3,13,14). The van der Waals surface area contributed by atoms with Crippen LogP contribution in [-0.4, -0.2) is 15.2 Å². The molecule has 0 saturated heterocycles. The highest BCUT2D eigenvalue weighted by Gasteiger charge is 2.16. The van der Waals surface area contributed by atoms with Gasteiger partial charge in [-0.2, -0.15) is 4.37 Å². The summed E-state index contributed by atoms with van der Waals surface area (Å²) in [6, 6.07) is 10.1. The summed E-state index contributed by atoms with van der Waals surface area (Å²) in [6.45, 7) is 1.88. The Morgan fingerprint density at radius 3 is 2.72 bits per heavy atom. The van der Waals surface area contributed by atoms with Gasteiger partial charge in [-0.05, 0) is 24.0 Å². The van der Waals surface area contributed by atoms with Gasteiger partial charge in [0.15, 0.2) is 4.34 Å². The lowest BCUT2D eigenvalue weighted by Gasteiger charge is -2.14. The van der Waals surface area contributed by atoms with E-state index >= 15 is 0 Å². The van der Waals surface area contributed by atoms with Gasteiger partial charge in [0.2, 0.25) is 0 Å². The zero-order valence-electron chi connectivity index (χ0n) is 9.96. The van der Waals surface area contributed by atoms with Crippen LogP contribution in [0.4, 0.5) is 0 Å². The molecule has 2 rings (SSSR count). The van der Waals surface area contributed by atoms with Crippen LogP contribution >= 0.6 is 23.3 Å². The fourth-order valence-corrected chi connectivity index (χ4v) is 3.58. The van der Waals surface area contributed by atoms with E-state index in [9.17, 15) is 0 Å². The van der Waals surface area contributed by atoms with Gasteiger partial charge in [0.25, 0.3) is 0 Å². The van der Waals surface area contributed by atoms with Crippen molar-refractivity contribution in [2.45, 2.75) is 22.9 Å². The number of aromatic nitrogens is 2. The molecule has 0 amide bonds. The summed E-state index contributed by atoms with van der Waals surface area (Å²) < 4.78 is 5.09. The van der Waals surface area contributed by atoms with E-state index in [1.54, 1.807) is 11.8 Å². The molecule has 0 radical (unpaired) electrons. The number of amidine groups is 1. The predicted molar refractivity (Wildman–Crippen MR) is 76.2 cm³/mol. The number of hydrogen-bond donors (Lipinski definition) is 2. The lowest BCUT2D eigenvalue weighted by molar-refractivity contribution is 0.979. The van der Waals surface area contributed by atoms with Gasteiger partial charge in [0, 0.05) is 11.7 Å². The van der Waals surface area contributed by atoms with E-state index in [1.807, 2.05) is 25.1 Å². The van der Waals surface area contributed by atoms with Gasteiger partial charge in [0.1, 0.15) is 5.82 Å². The van der Waals surface area contributed by atoms with E-state index in [0.29, 0.717) is 6.42 Å². The Labute approximate surface area is 114 Å². The van der Waals surface area contributed by atoms with E-state index in [1.165, 1.54) is 11.5 Å². The maximum atomic E-state index is 7.48. The number of rotatable bonds is 5. The van der Waals surface area contributed by atoms with Crippen LogP contribution in [0.5, 0.6) is 0 Å². The summed E-state index contributed by atoms with van der Waals surface area (Å²) in [4.78, 5) is 4.34. The molecular formula is C12H14N4S2. The molecule has 0 bridgehead atoms. The smallest absolute Gasteiger partial charge is 0.170 e. The number of nitrogens with zero attached hydrogens (tertiary/aromatic N) is 2. The van der Waals surface area contributed by atoms with Crippen LogP contribution in [0.3, 0.4) is 0 Å². The third-order valence-electron chi connectivity index (χ3n) is 2.33. The second-order valence-corrected chi connectivity index (χ2v) is 6.06. The van der Waals surface area contributed by atoms with Crippen molar-refractivity contribution in [2.24, 2.45) is 5.73 Å². The van der Waals surface area contributed by atoms with Crippen LogP contribution in [0.15, 0.2) is 34.7 Å². The molecule has 1 aromatic carbocycles. The van der Waals surface area contributed by atoms with Crippen molar-refractivity contribution in [3.8, 4) is 0 Å². The van der Waals surface area contributed by atoms with Gasteiger partial charge in [-0.15, -0.1) is 0 Å². The fourth-order valence-electron chi connectivity index (χ4n) is 1.54. The van der Waals surface area contributed by atoms with Crippen LogP contribution in [0.2, 0.25) is 0 Å². The third kappa shape index (κ3) is 3.54. The Morgan fingerprint density at radius 1 is 1.44 bits per heavy atom. The van der Waals surface area contributed by atoms with Crippen molar-refractivity contribution in [2.75, 3.05) is 0 Å².